The number of aliphatic hydroxyl groups excluding tert-OH is 1. The maximum absolute atomic E-state index is 13.1. The summed E-state index contributed by atoms with van der Waals surface area (Å²) in [6, 6.07) is 0. The number of ether oxygens (including phenoxy) is 4. The molecule has 5 atom stereocenters. The van der Waals surface area contributed by atoms with E-state index < -0.39 is 97.5 Å². The molecule has 0 bridgehead atoms. The Morgan fingerprint density at radius 1 is 0.266 bits per heavy atom. The molecule has 0 fully saturated rings. The molecule has 0 aliphatic heterocycles. The van der Waals surface area contributed by atoms with E-state index >= 15 is 0 Å². The number of aliphatic hydroxyl groups is 1. The summed E-state index contributed by atoms with van der Waals surface area (Å²) >= 11 is 0. The molecule has 0 spiro atoms. The summed E-state index contributed by atoms with van der Waals surface area (Å²) in [5.41, 5.74) is 0. The van der Waals surface area contributed by atoms with Crippen LogP contribution in [0.15, 0.2) is 0 Å². The zero-order valence-electron chi connectivity index (χ0n) is 61.6. The molecule has 94 heavy (non-hydrogen) atoms. The Balaban J connectivity index is 5.26. The van der Waals surface area contributed by atoms with Gasteiger partial charge in [0.2, 0.25) is 0 Å². The lowest BCUT2D eigenvalue weighted by Crippen LogP contribution is -2.30. The van der Waals surface area contributed by atoms with Crippen LogP contribution in [0.4, 0.5) is 0 Å². The van der Waals surface area contributed by atoms with Crippen molar-refractivity contribution in [1.29, 1.82) is 0 Å². The molecule has 17 nitrogen and oxygen atoms in total. The molecule has 0 heterocycles. The number of hydrogen-bond acceptors (Lipinski definition) is 15. The van der Waals surface area contributed by atoms with E-state index in [1.165, 1.54) is 173 Å². The van der Waals surface area contributed by atoms with Crippen LogP contribution in [-0.2, 0) is 65.4 Å². The maximum atomic E-state index is 13.1. The molecule has 3 N–H and O–H groups in total. The molecule has 0 radical (unpaired) electrons. The van der Waals surface area contributed by atoms with Crippen LogP contribution in [0.1, 0.15) is 376 Å². The van der Waals surface area contributed by atoms with Crippen molar-refractivity contribution in [3.63, 3.8) is 0 Å². The lowest BCUT2D eigenvalue weighted by Gasteiger charge is -2.21. The van der Waals surface area contributed by atoms with Crippen molar-refractivity contribution in [2.24, 2.45) is 23.7 Å². The molecule has 0 saturated heterocycles. The van der Waals surface area contributed by atoms with E-state index in [-0.39, 0.29) is 25.7 Å². The van der Waals surface area contributed by atoms with Gasteiger partial charge in [0.25, 0.3) is 0 Å². The largest absolute Gasteiger partial charge is 0.472 e. The number of carbonyl (C=O) groups is 4. The van der Waals surface area contributed by atoms with Gasteiger partial charge in [-0.05, 0) is 49.4 Å². The van der Waals surface area contributed by atoms with Gasteiger partial charge in [-0.2, -0.15) is 0 Å². The monoisotopic (exact) mass is 1380 g/mol. The van der Waals surface area contributed by atoms with Crippen molar-refractivity contribution in [2.75, 3.05) is 39.6 Å². The summed E-state index contributed by atoms with van der Waals surface area (Å²) in [4.78, 5) is 72.8. The van der Waals surface area contributed by atoms with Crippen molar-refractivity contribution in [3.05, 3.63) is 0 Å². The molecule has 0 aliphatic rings. The van der Waals surface area contributed by atoms with E-state index in [0.29, 0.717) is 31.6 Å². The van der Waals surface area contributed by atoms with Crippen LogP contribution in [0.2, 0.25) is 0 Å². The highest BCUT2D eigenvalue weighted by Crippen LogP contribution is 2.45. The zero-order valence-corrected chi connectivity index (χ0v) is 63.4. The molecule has 0 aromatic heterocycles. The van der Waals surface area contributed by atoms with Crippen LogP contribution >= 0.6 is 15.6 Å². The number of phosphoric acid groups is 2. The first-order valence-corrected chi connectivity index (χ1v) is 41.7. The number of carbonyl (C=O) groups excluding carboxylic acids is 4. The van der Waals surface area contributed by atoms with Gasteiger partial charge >= 0.3 is 39.5 Å². The van der Waals surface area contributed by atoms with Crippen LogP contribution in [0, 0.1) is 23.7 Å². The first-order valence-electron chi connectivity index (χ1n) is 38.7. The van der Waals surface area contributed by atoms with Crippen molar-refractivity contribution >= 4 is 39.5 Å². The molecular formula is C75H146O17P2. The highest BCUT2D eigenvalue weighted by molar-refractivity contribution is 7.47. The van der Waals surface area contributed by atoms with Crippen molar-refractivity contribution in [3.8, 4) is 0 Å². The average Bonchev–Trinajstić information content (AvgIpc) is 1.60. The predicted octanol–water partition coefficient (Wildman–Crippen LogP) is 21.7. The normalized spacial score (nSPS) is 14.2. The smallest absolute Gasteiger partial charge is 0.462 e. The molecule has 3 unspecified atom stereocenters. The minimum Gasteiger partial charge on any atom is -0.462 e. The van der Waals surface area contributed by atoms with Crippen LogP contribution in [0.5, 0.6) is 0 Å². The van der Waals surface area contributed by atoms with E-state index in [9.17, 15) is 43.2 Å². The quantitative estimate of drug-likeness (QED) is 0.0222. The van der Waals surface area contributed by atoms with Crippen LogP contribution in [0.3, 0.4) is 0 Å². The Hall–Kier alpha value is -1.94. The third kappa shape index (κ3) is 68.6. The van der Waals surface area contributed by atoms with E-state index in [2.05, 4.69) is 55.4 Å². The van der Waals surface area contributed by atoms with Crippen molar-refractivity contribution in [1.82, 2.24) is 0 Å². The van der Waals surface area contributed by atoms with Crippen LogP contribution in [-0.4, -0.2) is 96.7 Å². The van der Waals surface area contributed by atoms with Gasteiger partial charge in [0.05, 0.1) is 26.4 Å². The second-order valence-electron chi connectivity index (χ2n) is 28.9. The highest BCUT2D eigenvalue weighted by Gasteiger charge is 2.30. The first-order chi connectivity index (χ1) is 45.1. The van der Waals surface area contributed by atoms with E-state index in [1.54, 1.807) is 0 Å². The van der Waals surface area contributed by atoms with Gasteiger partial charge in [0, 0.05) is 25.7 Å². The number of rotatable bonds is 72. The summed E-state index contributed by atoms with van der Waals surface area (Å²) in [5, 5.41) is 10.6. The van der Waals surface area contributed by atoms with Crippen molar-refractivity contribution < 1.29 is 80.2 Å². The average molecular weight is 1380 g/mol. The maximum Gasteiger partial charge on any atom is 0.472 e. The Morgan fingerprint density at radius 2 is 0.447 bits per heavy atom. The molecule has 19 heteroatoms. The fraction of sp³-hybridized carbons (Fsp3) is 0.947. The SMILES string of the molecule is CC(C)CCCCCCCCCCCCCCC(=O)OC[C@H](COP(=O)(O)OCC(O)COP(=O)(O)OC[C@@H](COC(=O)CCCCCCCCCC(C)C)OC(=O)CCCCCCCCCCCCCC(C)C)OC(=O)CCCCCCCCCCCCCCC(C)C. The van der Waals surface area contributed by atoms with Gasteiger partial charge in [0.15, 0.2) is 12.2 Å². The molecule has 0 amide bonds. The molecule has 0 aromatic rings. The van der Waals surface area contributed by atoms with Gasteiger partial charge < -0.3 is 33.8 Å². The fourth-order valence-electron chi connectivity index (χ4n) is 11.4. The number of hydrogen-bond donors (Lipinski definition) is 3. The Bertz CT molecular complexity index is 1850. The minimum atomic E-state index is -4.96. The van der Waals surface area contributed by atoms with Gasteiger partial charge in [-0.25, -0.2) is 9.13 Å². The summed E-state index contributed by atoms with van der Waals surface area (Å²) in [6.45, 7) is 14.2. The first kappa shape index (κ1) is 92.1. The summed E-state index contributed by atoms with van der Waals surface area (Å²) in [6.07, 6.45) is 48.6. The van der Waals surface area contributed by atoms with Gasteiger partial charge in [-0.15, -0.1) is 0 Å². The van der Waals surface area contributed by atoms with Crippen LogP contribution in [0.25, 0.3) is 0 Å². The lowest BCUT2D eigenvalue weighted by atomic mass is 10.0. The second-order valence-corrected chi connectivity index (χ2v) is 31.9. The summed E-state index contributed by atoms with van der Waals surface area (Å²) < 4.78 is 68.5. The number of phosphoric ester groups is 2. The van der Waals surface area contributed by atoms with Crippen molar-refractivity contribution in [2.45, 2.75) is 395 Å². The Labute approximate surface area is 575 Å². The summed E-state index contributed by atoms with van der Waals surface area (Å²) in [5.74, 6) is 0.907. The second kappa shape index (κ2) is 64.4. The third-order valence-corrected chi connectivity index (χ3v) is 19.2. The molecular weight excluding hydrogens is 1230 g/mol. The highest BCUT2D eigenvalue weighted by atomic mass is 31.2. The van der Waals surface area contributed by atoms with Gasteiger partial charge in [-0.1, -0.05) is 325 Å². The van der Waals surface area contributed by atoms with E-state index in [4.69, 9.17) is 37.0 Å². The Kier molecular flexibility index (Phi) is 63.1. The van der Waals surface area contributed by atoms with Gasteiger partial charge in [-0.3, -0.25) is 37.3 Å². The molecule has 0 aromatic carbocycles. The van der Waals surface area contributed by atoms with E-state index in [0.717, 1.165) is 114 Å². The topological polar surface area (TPSA) is 237 Å². The molecule has 0 rings (SSSR count). The third-order valence-electron chi connectivity index (χ3n) is 17.3. The lowest BCUT2D eigenvalue weighted by molar-refractivity contribution is -0.161. The summed E-state index contributed by atoms with van der Waals surface area (Å²) in [7, 11) is -9.91. The molecule has 0 aliphatic carbocycles. The number of unbranched alkanes of at least 4 members (excludes halogenated alkanes) is 38. The number of esters is 4. The van der Waals surface area contributed by atoms with Crippen LogP contribution < -0.4 is 0 Å². The fourth-order valence-corrected chi connectivity index (χ4v) is 13.0. The predicted molar refractivity (Wildman–Crippen MR) is 381 cm³/mol. The minimum absolute atomic E-state index is 0.105. The molecule has 558 valence electrons. The standard InChI is InChI=1S/C75H146O17P2/c1-65(2)51-43-35-27-20-14-9-11-17-23-31-39-47-55-72(77)85-61-70(91-74(79)57-49-41-32-24-18-12-10-15-21-28-36-44-52-66(3)4)63-89-93(81,82)87-59-69(76)60-88-94(83,84)90-64-71(62-86-73(78)56-48-40-34-26-30-38-46-54-68(7)8)92-75(80)58-50-42-33-25-19-13-16-22-29-37-45-53-67(5)6/h65-71,76H,9-64H2,1-8H3,(H,81,82)(H,83,84)/t69?,70-,71-/m1/s1. The zero-order chi connectivity index (χ0) is 69.6. The molecule has 0 saturated carbocycles. The van der Waals surface area contributed by atoms with Gasteiger partial charge in [0.1, 0.15) is 19.3 Å². The van der Waals surface area contributed by atoms with E-state index in [1.807, 2.05) is 0 Å². The Morgan fingerprint density at radius 3 is 0.660 bits per heavy atom.